The average molecular weight is 499 g/mol. The van der Waals surface area contributed by atoms with Crippen LogP contribution in [0.1, 0.15) is 49.7 Å². The summed E-state index contributed by atoms with van der Waals surface area (Å²) in [6.45, 7) is 0.720. The summed E-state index contributed by atoms with van der Waals surface area (Å²) < 4.78 is 20.5. The molecular weight excluding hydrogens is 464 g/mol. The van der Waals surface area contributed by atoms with Crippen molar-refractivity contribution in [1.29, 1.82) is 0 Å². The Morgan fingerprint density at radius 1 is 0.667 bits per heavy atom. The predicted molar refractivity (Wildman–Crippen MR) is 137 cm³/mol. The number of carbonyl (C=O) groups excluding carboxylic acids is 2. The van der Waals surface area contributed by atoms with E-state index in [-0.39, 0.29) is 11.5 Å². The Morgan fingerprint density at radius 3 is 1.44 bits per heavy atom. The lowest BCUT2D eigenvalue weighted by molar-refractivity contribution is -0.138. The topological polar surface area (TPSA) is 112 Å². The molecular formula is C28H34O8. The molecule has 0 radical (unpaired) electrons. The average Bonchev–Trinajstić information content (AvgIpc) is 2.88. The van der Waals surface area contributed by atoms with Gasteiger partial charge in [0.2, 0.25) is 0 Å². The van der Waals surface area contributed by atoms with Crippen molar-refractivity contribution in [2.45, 2.75) is 38.5 Å². The standard InChI is InChI=1S/C28H34O8/c1-33-25-19-21(9-13-23(25)29)11-15-27(31)35-17-7-5-3-4-6-8-18-36-28(32)16-12-22-10-14-24(30)26(20-22)34-2/h9-16,19-20,29-30H,3-8,17-18H2,1-2H3/b15-11+,16-12+. The smallest absolute Gasteiger partial charge is 0.330 e. The van der Waals surface area contributed by atoms with Gasteiger partial charge in [-0.1, -0.05) is 37.8 Å². The lowest BCUT2D eigenvalue weighted by Crippen LogP contribution is -2.03. The number of unbranched alkanes of at least 4 members (excludes halogenated alkanes) is 5. The van der Waals surface area contributed by atoms with Crippen LogP contribution in [0.15, 0.2) is 48.6 Å². The van der Waals surface area contributed by atoms with E-state index in [1.54, 1.807) is 36.4 Å². The molecule has 0 aliphatic rings. The number of benzene rings is 2. The highest BCUT2D eigenvalue weighted by atomic mass is 16.5. The second kappa shape index (κ2) is 15.9. The van der Waals surface area contributed by atoms with Gasteiger partial charge in [-0.15, -0.1) is 0 Å². The first-order valence-corrected chi connectivity index (χ1v) is 11.9. The Kier molecular flexibility index (Phi) is 12.5. The van der Waals surface area contributed by atoms with Crippen LogP contribution >= 0.6 is 0 Å². The molecule has 0 aliphatic carbocycles. The van der Waals surface area contributed by atoms with Crippen molar-refractivity contribution in [3.05, 3.63) is 59.7 Å². The van der Waals surface area contributed by atoms with Gasteiger partial charge in [0.05, 0.1) is 27.4 Å². The van der Waals surface area contributed by atoms with E-state index in [0.717, 1.165) is 49.7 Å². The first-order chi connectivity index (χ1) is 17.4. The van der Waals surface area contributed by atoms with E-state index in [9.17, 15) is 19.8 Å². The van der Waals surface area contributed by atoms with Crippen LogP contribution in [0.4, 0.5) is 0 Å². The monoisotopic (exact) mass is 498 g/mol. The second-order valence-electron chi connectivity index (χ2n) is 7.99. The van der Waals surface area contributed by atoms with Crippen LogP contribution in [0, 0.1) is 0 Å². The third-order valence-electron chi connectivity index (χ3n) is 5.26. The van der Waals surface area contributed by atoms with E-state index in [0.29, 0.717) is 24.7 Å². The van der Waals surface area contributed by atoms with Crippen molar-refractivity contribution in [2.24, 2.45) is 0 Å². The number of methoxy groups -OCH3 is 2. The molecule has 0 bridgehead atoms. The van der Waals surface area contributed by atoms with Crippen LogP contribution < -0.4 is 9.47 Å². The van der Waals surface area contributed by atoms with Gasteiger partial charge in [-0.25, -0.2) is 9.59 Å². The maximum Gasteiger partial charge on any atom is 0.330 e. The van der Waals surface area contributed by atoms with Crippen molar-refractivity contribution in [1.82, 2.24) is 0 Å². The van der Waals surface area contributed by atoms with E-state index in [1.165, 1.54) is 38.5 Å². The fourth-order valence-electron chi connectivity index (χ4n) is 3.28. The minimum Gasteiger partial charge on any atom is -0.504 e. The highest BCUT2D eigenvalue weighted by Crippen LogP contribution is 2.27. The number of esters is 2. The summed E-state index contributed by atoms with van der Waals surface area (Å²) >= 11 is 0. The van der Waals surface area contributed by atoms with Gasteiger partial charge >= 0.3 is 11.9 Å². The van der Waals surface area contributed by atoms with Crippen LogP contribution in [0.3, 0.4) is 0 Å². The molecule has 36 heavy (non-hydrogen) atoms. The van der Waals surface area contributed by atoms with Gasteiger partial charge in [-0.2, -0.15) is 0 Å². The SMILES string of the molecule is COc1cc(/C=C/C(=O)OCCCCCCCCOC(=O)/C=C/c2ccc(O)c(OC)c2)ccc1O. The Labute approximate surface area is 211 Å². The van der Waals surface area contributed by atoms with Gasteiger partial charge in [0, 0.05) is 12.2 Å². The van der Waals surface area contributed by atoms with Crippen LogP contribution in [0.25, 0.3) is 12.2 Å². The molecule has 0 unspecified atom stereocenters. The quantitative estimate of drug-likeness (QED) is 0.194. The maximum atomic E-state index is 11.8. The summed E-state index contributed by atoms with van der Waals surface area (Å²) in [5, 5.41) is 19.2. The molecule has 2 N–H and O–H groups in total. The fraction of sp³-hybridized carbons (Fsp3) is 0.357. The van der Waals surface area contributed by atoms with Gasteiger partial charge < -0.3 is 29.2 Å². The number of carbonyl (C=O) groups is 2. The molecule has 2 aromatic rings. The van der Waals surface area contributed by atoms with Gasteiger partial charge in [-0.3, -0.25) is 0 Å². The van der Waals surface area contributed by atoms with E-state index in [1.807, 2.05) is 0 Å². The molecule has 0 fully saturated rings. The Balaban J connectivity index is 1.49. The van der Waals surface area contributed by atoms with Crippen molar-refractivity contribution in [3.8, 4) is 23.0 Å². The molecule has 0 heterocycles. The normalized spacial score (nSPS) is 11.1. The Morgan fingerprint density at radius 2 is 1.06 bits per heavy atom. The summed E-state index contributed by atoms with van der Waals surface area (Å²) in [6.07, 6.45) is 11.4. The molecule has 0 aliphatic heterocycles. The van der Waals surface area contributed by atoms with Crippen molar-refractivity contribution >= 4 is 24.1 Å². The molecule has 0 saturated carbocycles. The van der Waals surface area contributed by atoms with E-state index < -0.39 is 11.9 Å². The number of aromatic hydroxyl groups is 2. The number of phenolic OH excluding ortho intramolecular Hbond substituents is 2. The lowest BCUT2D eigenvalue weighted by atomic mass is 10.1. The number of rotatable bonds is 15. The molecule has 0 spiro atoms. The van der Waals surface area contributed by atoms with Crippen LogP contribution in [0.5, 0.6) is 23.0 Å². The summed E-state index contributed by atoms with van der Waals surface area (Å²) in [5.41, 5.74) is 1.45. The maximum absolute atomic E-state index is 11.8. The molecule has 8 nitrogen and oxygen atoms in total. The second-order valence-corrected chi connectivity index (χ2v) is 7.99. The molecule has 0 aromatic heterocycles. The zero-order valence-electron chi connectivity index (χ0n) is 20.8. The molecule has 8 heteroatoms. The van der Waals surface area contributed by atoms with Gasteiger partial charge in [-0.05, 0) is 60.4 Å². The summed E-state index contributed by atoms with van der Waals surface area (Å²) in [7, 11) is 2.92. The molecule has 0 saturated heterocycles. The first kappa shape index (κ1) is 28.3. The minimum atomic E-state index is -0.414. The van der Waals surface area contributed by atoms with Crippen molar-refractivity contribution < 1.29 is 38.7 Å². The van der Waals surface area contributed by atoms with E-state index in [2.05, 4.69) is 0 Å². The molecule has 194 valence electrons. The number of ether oxygens (including phenoxy) is 4. The molecule has 0 atom stereocenters. The molecule has 0 amide bonds. The fourth-order valence-corrected chi connectivity index (χ4v) is 3.28. The zero-order chi connectivity index (χ0) is 26.2. The minimum absolute atomic E-state index is 0.0408. The van der Waals surface area contributed by atoms with Crippen LogP contribution in [0.2, 0.25) is 0 Å². The summed E-state index contributed by atoms with van der Waals surface area (Å²) in [4.78, 5) is 23.6. The lowest BCUT2D eigenvalue weighted by Gasteiger charge is -2.05. The number of hydrogen-bond donors (Lipinski definition) is 2. The highest BCUT2D eigenvalue weighted by molar-refractivity contribution is 5.87. The van der Waals surface area contributed by atoms with Crippen LogP contribution in [-0.4, -0.2) is 49.6 Å². The number of hydrogen-bond acceptors (Lipinski definition) is 8. The summed E-state index contributed by atoms with van der Waals surface area (Å²) in [6, 6.07) is 9.62. The van der Waals surface area contributed by atoms with E-state index in [4.69, 9.17) is 18.9 Å². The first-order valence-electron chi connectivity index (χ1n) is 11.9. The summed E-state index contributed by atoms with van der Waals surface area (Å²) in [5.74, 6) is -0.0667. The third kappa shape index (κ3) is 10.5. The largest absolute Gasteiger partial charge is 0.504 e. The highest BCUT2D eigenvalue weighted by Gasteiger charge is 2.03. The molecule has 2 rings (SSSR count). The Hall–Kier alpha value is -3.94. The van der Waals surface area contributed by atoms with Crippen molar-refractivity contribution in [3.63, 3.8) is 0 Å². The Bertz CT molecular complexity index is 958. The van der Waals surface area contributed by atoms with E-state index >= 15 is 0 Å². The zero-order valence-corrected chi connectivity index (χ0v) is 20.8. The number of phenols is 2. The van der Waals surface area contributed by atoms with Gasteiger partial charge in [0.15, 0.2) is 23.0 Å². The molecule has 2 aromatic carbocycles. The third-order valence-corrected chi connectivity index (χ3v) is 5.26. The van der Waals surface area contributed by atoms with Crippen molar-refractivity contribution in [2.75, 3.05) is 27.4 Å². The predicted octanol–water partition coefficient (Wildman–Crippen LogP) is 5.27. The van der Waals surface area contributed by atoms with Gasteiger partial charge in [0.1, 0.15) is 0 Å². The van der Waals surface area contributed by atoms with Crippen LogP contribution in [-0.2, 0) is 19.1 Å². The van der Waals surface area contributed by atoms with Gasteiger partial charge in [0.25, 0.3) is 0 Å².